The molecule has 0 unspecified atom stereocenters. The Bertz CT molecular complexity index is 434. The Morgan fingerprint density at radius 1 is 1.36 bits per heavy atom. The molecule has 0 atom stereocenters. The number of aromatic nitrogens is 1. The van der Waals surface area contributed by atoms with Gasteiger partial charge in [-0.1, -0.05) is 0 Å². The van der Waals surface area contributed by atoms with Gasteiger partial charge in [-0.25, -0.2) is 0 Å². The zero-order valence-corrected chi connectivity index (χ0v) is 8.03. The van der Waals surface area contributed by atoms with Crippen molar-refractivity contribution < 1.29 is 4.42 Å². The number of furan rings is 1. The maximum atomic E-state index is 5.57. The first-order valence-corrected chi connectivity index (χ1v) is 4.50. The molecule has 0 spiro atoms. The van der Waals surface area contributed by atoms with Crippen molar-refractivity contribution in [3.8, 4) is 11.1 Å². The molecule has 0 aromatic carbocycles. The van der Waals surface area contributed by atoms with E-state index in [9.17, 15) is 0 Å². The first kappa shape index (κ1) is 8.97. The third-order valence-corrected chi connectivity index (χ3v) is 2.26. The molecule has 0 aliphatic rings. The van der Waals surface area contributed by atoms with E-state index in [-0.39, 0.29) is 0 Å². The second-order valence-electron chi connectivity index (χ2n) is 3.15. The summed E-state index contributed by atoms with van der Waals surface area (Å²) in [7, 11) is 0. The molecule has 3 heteroatoms. The lowest BCUT2D eigenvalue weighted by molar-refractivity contribution is 0.513. The Morgan fingerprint density at radius 3 is 2.93 bits per heavy atom. The Kier molecular flexibility index (Phi) is 2.33. The molecule has 0 aliphatic heterocycles. The van der Waals surface area contributed by atoms with Crippen molar-refractivity contribution in [3.05, 3.63) is 42.1 Å². The van der Waals surface area contributed by atoms with E-state index in [1.54, 1.807) is 12.5 Å². The number of nitrogens with two attached hydrogens (primary N) is 1. The quantitative estimate of drug-likeness (QED) is 0.785. The lowest BCUT2D eigenvalue weighted by Gasteiger charge is -2.03. The monoisotopic (exact) mass is 188 g/mol. The maximum absolute atomic E-state index is 5.57. The van der Waals surface area contributed by atoms with E-state index in [0.29, 0.717) is 6.54 Å². The predicted octanol–water partition coefficient (Wildman–Crippen LogP) is 2.11. The normalized spacial score (nSPS) is 10.4. The zero-order chi connectivity index (χ0) is 9.97. The first-order valence-electron chi connectivity index (χ1n) is 4.50. The molecule has 72 valence electrons. The molecule has 3 nitrogen and oxygen atoms in total. The number of hydrogen-bond donors (Lipinski definition) is 1. The van der Waals surface area contributed by atoms with Crippen LogP contribution in [0.1, 0.15) is 11.3 Å². The van der Waals surface area contributed by atoms with E-state index in [1.807, 2.05) is 25.3 Å². The van der Waals surface area contributed by atoms with E-state index in [1.165, 1.54) is 5.56 Å². The third kappa shape index (κ3) is 1.42. The highest BCUT2D eigenvalue weighted by atomic mass is 16.3. The average molecular weight is 188 g/mol. The second kappa shape index (κ2) is 3.64. The lowest BCUT2D eigenvalue weighted by Crippen LogP contribution is -1.96. The minimum atomic E-state index is 0.413. The van der Waals surface area contributed by atoms with Gasteiger partial charge in [0.05, 0.1) is 12.8 Å². The van der Waals surface area contributed by atoms with Crippen molar-refractivity contribution in [2.75, 3.05) is 0 Å². The predicted molar refractivity (Wildman–Crippen MR) is 54.6 cm³/mol. The molecule has 0 fully saturated rings. The fraction of sp³-hybridized carbons (Fsp3) is 0.182. The number of rotatable bonds is 2. The summed E-state index contributed by atoms with van der Waals surface area (Å²) >= 11 is 0. The fourth-order valence-electron chi connectivity index (χ4n) is 1.48. The molecule has 0 aliphatic carbocycles. The van der Waals surface area contributed by atoms with E-state index in [0.717, 1.165) is 16.9 Å². The van der Waals surface area contributed by atoms with Crippen LogP contribution in [0.25, 0.3) is 11.1 Å². The van der Waals surface area contributed by atoms with Gasteiger partial charge in [-0.2, -0.15) is 0 Å². The summed E-state index contributed by atoms with van der Waals surface area (Å²) in [5, 5.41) is 0. The van der Waals surface area contributed by atoms with Crippen LogP contribution < -0.4 is 5.73 Å². The highest BCUT2D eigenvalue weighted by Crippen LogP contribution is 2.26. The summed E-state index contributed by atoms with van der Waals surface area (Å²) in [5.41, 5.74) is 8.87. The van der Waals surface area contributed by atoms with Crippen molar-refractivity contribution in [1.82, 2.24) is 4.98 Å². The van der Waals surface area contributed by atoms with Crippen LogP contribution in [-0.2, 0) is 6.54 Å². The van der Waals surface area contributed by atoms with Crippen LogP contribution in [0.5, 0.6) is 0 Å². The molecule has 2 N–H and O–H groups in total. The Morgan fingerprint density at radius 2 is 2.21 bits per heavy atom. The highest BCUT2D eigenvalue weighted by molar-refractivity contribution is 5.67. The summed E-state index contributed by atoms with van der Waals surface area (Å²) < 4.78 is 5.27. The molecule has 2 aromatic rings. The van der Waals surface area contributed by atoms with Gasteiger partial charge in [0.2, 0.25) is 0 Å². The average Bonchev–Trinajstić information content (AvgIpc) is 2.66. The number of hydrogen-bond acceptors (Lipinski definition) is 3. The van der Waals surface area contributed by atoms with Crippen LogP contribution in [-0.4, -0.2) is 4.98 Å². The van der Waals surface area contributed by atoms with E-state index >= 15 is 0 Å². The smallest absolute Gasteiger partial charge is 0.125 e. The lowest BCUT2D eigenvalue weighted by atomic mass is 10.0. The Hall–Kier alpha value is -1.61. The second-order valence-corrected chi connectivity index (χ2v) is 3.15. The fourth-order valence-corrected chi connectivity index (χ4v) is 1.48. The molecule has 0 saturated carbocycles. The van der Waals surface area contributed by atoms with Gasteiger partial charge in [-0.3, -0.25) is 4.98 Å². The number of pyridine rings is 1. The summed E-state index contributed by atoms with van der Waals surface area (Å²) in [5.74, 6) is 0.807. The van der Waals surface area contributed by atoms with Crippen molar-refractivity contribution >= 4 is 0 Å². The summed E-state index contributed by atoms with van der Waals surface area (Å²) in [6.45, 7) is 2.46. The Balaban J connectivity index is 2.54. The molecular formula is C11H12N2O. The topological polar surface area (TPSA) is 52.0 Å². The van der Waals surface area contributed by atoms with E-state index in [4.69, 9.17) is 10.2 Å². The maximum Gasteiger partial charge on any atom is 0.125 e. The molecule has 0 amide bonds. The van der Waals surface area contributed by atoms with Crippen LogP contribution in [0.15, 0.2) is 35.2 Å². The molecule has 0 saturated heterocycles. The molecule has 2 heterocycles. The molecular weight excluding hydrogens is 176 g/mol. The van der Waals surface area contributed by atoms with Crippen LogP contribution in [0.2, 0.25) is 0 Å². The van der Waals surface area contributed by atoms with Gasteiger partial charge < -0.3 is 10.2 Å². The molecule has 14 heavy (non-hydrogen) atoms. The van der Waals surface area contributed by atoms with Crippen LogP contribution in [0, 0.1) is 6.92 Å². The van der Waals surface area contributed by atoms with Crippen molar-refractivity contribution in [3.63, 3.8) is 0 Å². The van der Waals surface area contributed by atoms with Gasteiger partial charge in [0.1, 0.15) is 5.76 Å². The van der Waals surface area contributed by atoms with Gasteiger partial charge in [0.15, 0.2) is 0 Å². The number of nitrogens with zero attached hydrogens (tertiary/aromatic N) is 1. The van der Waals surface area contributed by atoms with Crippen molar-refractivity contribution in [1.29, 1.82) is 0 Å². The third-order valence-electron chi connectivity index (χ3n) is 2.26. The molecule has 2 rings (SSSR count). The first-order chi connectivity index (χ1) is 6.83. The van der Waals surface area contributed by atoms with E-state index < -0.39 is 0 Å². The molecule has 0 bridgehead atoms. The SMILES string of the molecule is Cc1ccncc1-c1ccoc1CN. The van der Waals surface area contributed by atoms with Crippen LogP contribution >= 0.6 is 0 Å². The van der Waals surface area contributed by atoms with E-state index in [2.05, 4.69) is 4.98 Å². The van der Waals surface area contributed by atoms with Gasteiger partial charge in [-0.05, 0) is 24.6 Å². The minimum Gasteiger partial charge on any atom is -0.467 e. The molecule has 2 aromatic heterocycles. The Labute approximate surface area is 82.6 Å². The van der Waals surface area contributed by atoms with Crippen LogP contribution in [0.3, 0.4) is 0 Å². The van der Waals surface area contributed by atoms with Crippen LogP contribution in [0.4, 0.5) is 0 Å². The van der Waals surface area contributed by atoms with Gasteiger partial charge in [-0.15, -0.1) is 0 Å². The van der Waals surface area contributed by atoms with Crippen molar-refractivity contribution in [2.24, 2.45) is 5.73 Å². The highest BCUT2D eigenvalue weighted by Gasteiger charge is 2.08. The minimum absolute atomic E-state index is 0.413. The van der Waals surface area contributed by atoms with Crippen molar-refractivity contribution in [2.45, 2.75) is 13.5 Å². The summed E-state index contributed by atoms with van der Waals surface area (Å²) in [6, 6.07) is 3.90. The zero-order valence-electron chi connectivity index (χ0n) is 8.03. The summed E-state index contributed by atoms with van der Waals surface area (Å²) in [4.78, 5) is 4.09. The summed E-state index contributed by atoms with van der Waals surface area (Å²) in [6.07, 6.45) is 5.27. The standard InChI is InChI=1S/C11H12N2O/c1-8-2-4-13-7-10(8)9-3-5-14-11(9)6-12/h2-5,7H,6,12H2,1H3. The van der Waals surface area contributed by atoms with Gasteiger partial charge >= 0.3 is 0 Å². The number of aryl methyl sites for hydroxylation is 1. The van der Waals surface area contributed by atoms with Gasteiger partial charge in [0, 0.05) is 23.5 Å². The molecule has 0 radical (unpaired) electrons. The van der Waals surface area contributed by atoms with Gasteiger partial charge in [0.25, 0.3) is 0 Å². The largest absolute Gasteiger partial charge is 0.467 e.